The molecule has 2 aromatic rings. The van der Waals surface area contributed by atoms with Gasteiger partial charge >= 0.3 is 0 Å². The molecule has 1 aromatic carbocycles. The summed E-state index contributed by atoms with van der Waals surface area (Å²) in [4.78, 5) is 12.5. The number of benzene rings is 1. The van der Waals surface area contributed by atoms with Crippen LogP contribution in [0.2, 0.25) is 5.02 Å². The number of amides is 1. The zero-order valence-electron chi connectivity index (χ0n) is 9.26. The number of aliphatic hydroxyl groups is 1. The summed E-state index contributed by atoms with van der Waals surface area (Å²) in [5.74, 6) is -0.345. The summed E-state index contributed by atoms with van der Waals surface area (Å²) in [6.45, 7) is 0.0794. The number of aliphatic hydroxyl groups excluding tert-OH is 1. The third kappa shape index (κ3) is 2.84. The van der Waals surface area contributed by atoms with E-state index in [1.165, 1.54) is 0 Å². The van der Waals surface area contributed by atoms with Crippen molar-refractivity contribution in [2.75, 3.05) is 13.2 Å². The number of halogens is 1. The molecule has 0 aliphatic rings. The summed E-state index contributed by atoms with van der Waals surface area (Å²) in [5, 5.41) is 15.6. The molecule has 0 spiro atoms. The second-order valence-corrected chi connectivity index (χ2v) is 4.63. The predicted molar refractivity (Wildman–Crippen MR) is 69.8 cm³/mol. The van der Waals surface area contributed by atoms with Gasteiger partial charge in [-0.3, -0.25) is 4.79 Å². The van der Waals surface area contributed by atoms with Crippen LogP contribution >= 0.6 is 23.1 Å². The fraction of sp³-hybridized carbons (Fsp3) is 0.182. The lowest BCUT2D eigenvalue weighted by Gasteiger charge is -2.02. The molecule has 1 aromatic heterocycles. The number of hydrogen-bond acceptors (Lipinski definition) is 5. The van der Waals surface area contributed by atoms with Gasteiger partial charge in [0.25, 0.3) is 5.91 Å². The highest BCUT2D eigenvalue weighted by molar-refractivity contribution is 7.09. The number of carbonyl (C=O) groups excluding carboxylic acids is 1. The highest BCUT2D eigenvalue weighted by Crippen LogP contribution is 2.27. The zero-order chi connectivity index (χ0) is 13.0. The number of nitrogens with zero attached hydrogens (tertiary/aromatic N) is 2. The predicted octanol–water partition coefficient (Wildman–Crippen LogP) is 1.58. The molecule has 94 valence electrons. The van der Waals surface area contributed by atoms with Crippen molar-refractivity contribution in [3.8, 4) is 10.4 Å². The lowest BCUT2D eigenvalue weighted by Crippen LogP contribution is -2.27. The van der Waals surface area contributed by atoms with Gasteiger partial charge in [-0.1, -0.05) is 28.2 Å². The molecule has 5 nitrogen and oxygen atoms in total. The largest absolute Gasteiger partial charge is 0.395 e. The summed E-state index contributed by atoms with van der Waals surface area (Å²) in [5.41, 5.74) is 1.10. The fourth-order valence-electron chi connectivity index (χ4n) is 1.38. The third-order valence-corrected chi connectivity index (χ3v) is 3.23. The lowest BCUT2D eigenvalue weighted by molar-refractivity contribution is 0.0940. The molecule has 0 fully saturated rings. The van der Waals surface area contributed by atoms with E-state index in [0.29, 0.717) is 9.90 Å². The van der Waals surface area contributed by atoms with Crippen LogP contribution in [0.5, 0.6) is 0 Å². The molecule has 0 radical (unpaired) electrons. The highest BCUT2D eigenvalue weighted by atomic mass is 35.5. The van der Waals surface area contributed by atoms with Gasteiger partial charge in [-0.2, -0.15) is 0 Å². The molecule has 1 heterocycles. The van der Waals surface area contributed by atoms with Gasteiger partial charge in [0.2, 0.25) is 0 Å². The van der Waals surface area contributed by atoms with Crippen LogP contribution in [-0.4, -0.2) is 33.8 Å². The van der Waals surface area contributed by atoms with Gasteiger partial charge in [0.15, 0.2) is 5.69 Å². The first kappa shape index (κ1) is 12.9. The van der Waals surface area contributed by atoms with Crippen LogP contribution in [0.3, 0.4) is 0 Å². The van der Waals surface area contributed by atoms with E-state index in [1.54, 1.807) is 24.3 Å². The van der Waals surface area contributed by atoms with Crippen molar-refractivity contribution in [2.24, 2.45) is 0 Å². The maximum Gasteiger partial charge on any atom is 0.273 e. The minimum Gasteiger partial charge on any atom is -0.395 e. The maximum absolute atomic E-state index is 11.8. The first-order chi connectivity index (χ1) is 8.72. The SMILES string of the molecule is O=C(NCCO)c1nnsc1-c1ccc(Cl)cc1. The van der Waals surface area contributed by atoms with Crippen molar-refractivity contribution in [1.82, 2.24) is 14.9 Å². The molecule has 0 unspecified atom stereocenters. The number of hydrogen-bond donors (Lipinski definition) is 2. The molecule has 7 heteroatoms. The summed E-state index contributed by atoms with van der Waals surface area (Å²) in [6.07, 6.45) is 0. The first-order valence-electron chi connectivity index (χ1n) is 5.19. The maximum atomic E-state index is 11.8. The number of nitrogens with one attached hydrogen (secondary N) is 1. The van der Waals surface area contributed by atoms with Crippen LogP contribution in [0, 0.1) is 0 Å². The standard InChI is InChI=1S/C11H10ClN3O2S/c12-8-3-1-7(2-4-8)10-9(14-15-18-10)11(17)13-5-6-16/h1-4,16H,5-6H2,(H,13,17). The van der Waals surface area contributed by atoms with Crippen molar-refractivity contribution in [2.45, 2.75) is 0 Å². The Hall–Kier alpha value is -1.50. The van der Waals surface area contributed by atoms with E-state index in [2.05, 4.69) is 14.9 Å². The van der Waals surface area contributed by atoms with Crippen molar-refractivity contribution < 1.29 is 9.90 Å². The van der Waals surface area contributed by atoms with Gasteiger partial charge < -0.3 is 10.4 Å². The van der Waals surface area contributed by atoms with E-state index in [9.17, 15) is 4.79 Å². The molecule has 1 amide bonds. The van der Waals surface area contributed by atoms with Crippen molar-refractivity contribution in [3.05, 3.63) is 35.0 Å². The van der Waals surface area contributed by atoms with E-state index in [1.807, 2.05) is 0 Å². The summed E-state index contributed by atoms with van der Waals surface area (Å²) in [6, 6.07) is 7.10. The summed E-state index contributed by atoms with van der Waals surface area (Å²) in [7, 11) is 0. The number of rotatable bonds is 4. The van der Waals surface area contributed by atoms with E-state index in [0.717, 1.165) is 17.1 Å². The van der Waals surface area contributed by atoms with Gasteiger partial charge in [-0.25, -0.2) is 0 Å². The average molecular weight is 284 g/mol. The van der Waals surface area contributed by atoms with Crippen LogP contribution in [-0.2, 0) is 0 Å². The van der Waals surface area contributed by atoms with Gasteiger partial charge in [0, 0.05) is 11.6 Å². The molecule has 2 N–H and O–H groups in total. The smallest absolute Gasteiger partial charge is 0.273 e. The Bertz CT molecular complexity index is 541. The van der Waals surface area contributed by atoms with Crippen LogP contribution in [0.1, 0.15) is 10.5 Å². The second kappa shape index (κ2) is 5.90. The molecule has 0 bridgehead atoms. The van der Waals surface area contributed by atoms with Gasteiger partial charge in [0.1, 0.15) is 0 Å². The van der Waals surface area contributed by atoms with E-state index >= 15 is 0 Å². The van der Waals surface area contributed by atoms with Crippen LogP contribution < -0.4 is 5.32 Å². The quantitative estimate of drug-likeness (QED) is 0.893. The molecule has 0 saturated heterocycles. The minimum atomic E-state index is -0.345. The van der Waals surface area contributed by atoms with E-state index in [-0.39, 0.29) is 24.8 Å². The zero-order valence-corrected chi connectivity index (χ0v) is 10.8. The van der Waals surface area contributed by atoms with Crippen LogP contribution in [0.4, 0.5) is 0 Å². The third-order valence-electron chi connectivity index (χ3n) is 2.21. The van der Waals surface area contributed by atoms with Crippen molar-refractivity contribution in [1.29, 1.82) is 0 Å². The molecule has 18 heavy (non-hydrogen) atoms. The molecular weight excluding hydrogens is 274 g/mol. The van der Waals surface area contributed by atoms with E-state index < -0.39 is 0 Å². The Morgan fingerprint density at radius 3 is 2.78 bits per heavy atom. The Kier molecular flexibility index (Phi) is 4.24. The fourth-order valence-corrected chi connectivity index (χ4v) is 2.17. The molecule has 2 rings (SSSR count). The second-order valence-electron chi connectivity index (χ2n) is 3.44. The van der Waals surface area contributed by atoms with Gasteiger partial charge in [-0.15, -0.1) is 5.10 Å². The van der Waals surface area contributed by atoms with Crippen LogP contribution in [0.25, 0.3) is 10.4 Å². The molecule has 0 aliphatic heterocycles. The molecule has 0 atom stereocenters. The Labute approximate surface area is 113 Å². The lowest BCUT2D eigenvalue weighted by atomic mass is 10.1. The summed E-state index contributed by atoms with van der Waals surface area (Å²) < 4.78 is 3.79. The highest BCUT2D eigenvalue weighted by Gasteiger charge is 2.17. The molecule has 0 aliphatic carbocycles. The van der Waals surface area contributed by atoms with Crippen LogP contribution in [0.15, 0.2) is 24.3 Å². The molecule has 0 saturated carbocycles. The minimum absolute atomic E-state index is 0.112. The Balaban J connectivity index is 2.27. The Morgan fingerprint density at radius 2 is 2.11 bits per heavy atom. The first-order valence-corrected chi connectivity index (χ1v) is 6.35. The topological polar surface area (TPSA) is 75.1 Å². The Morgan fingerprint density at radius 1 is 1.39 bits per heavy atom. The van der Waals surface area contributed by atoms with Crippen molar-refractivity contribution in [3.63, 3.8) is 0 Å². The monoisotopic (exact) mass is 283 g/mol. The van der Waals surface area contributed by atoms with Crippen molar-refractivity contribution >= 4 is 29.0 Å². The van der Waals surface area contributed by atoms with Gasteiger partial charge in [0.05, 0.1) is 11.5 Å². The normalized spacial score (nSPS) is 10.3. The average Bonchev–Trinajstić information content (AvgIpc) is 2.86. The van der Waals surface area contributed by atoms with Gasteiger partial charge in [-0.05, 0) is 29.2 Å². The van der Waals surface area contributed by atoms with E-state index in [4.69, 9.17) is 16.7 Å². The number of aromatic nitrogens is 2. The number of carbonyl (C=O) groups is 1. The summed E-state index contributed by atoms with van der Waals surface area (Å²) >= 11 is 6.95. The molecular formula is C11H10ClN3O2S.